The molecular formula is C22H27NO2. The summed E-state index contributed by atoms with van der Waals surface area (Å²) in [5, 5.41) is 10.6. The van der Waals surface area contributed by atoms with Gasteiger partial charge in [0.2, 0.25) is 0 Å². The molecule has 2 aliphatic rings. The maximum atomic E-state index is 10.6. The summed E-state index contributed by atoms with van der Waals surface area (Å²) < 4.78 is 5.26. The van der Waals surface area contributed by atoms with Gasteiger partial charge in [-0.3, -0.25) is 4.90 Å². The van der Waals surface area contributed by atoms with Crippen LogP contribution in [0, 0.1) is 11.8 Å². The van der Waals surface area contributed by atoms with Crippen molar-refractivity contribution < 1.29 is 9.84 Å². The maximum absolute atomic E-state index is 10.6. The van der Waals surface area contributed by atoms with E-state index in [9.17, 15) is 5.11 Å². The molecule has 4 atom stereocenters. The molecule has 1 aliphatic heterocycles. The Kier molecular flexibility index (Phi) is 4.78. The normalized spacial score (nSPS) is 27.2. The van der Waals surface area contributed by atoms with Gasteiger partial charge in [0, 0.05) is 19.6 Å². The van der Waals surface area contributed by atoms with Crippen LogP contribution in [0.1, 0.15) is 36.0 Å². The second kappa shape index (κ2) is 7.19. The zero-order valence-corrected chi connectivity index (χ0v) is 14.8. The first-order valence-electron chi connectivity index (χ1n) is 9.32. The number of hydrogen-bond acceptors (Lipinski definition) is 3. The number of ether oxygens (including phenoxy) is 1. The van der Waals surface area contributed by atoms with E-state index in [1.54, 1.807) is 7.11 Å². The van der Waals surface area contributed by atoms with Crippen LogP contribution in [0.3, 0.4) is 0 Å². The smallest absolute Gasteiger partial charge is 0.119 e. The fourth-order valence-electron chi connectivity index (χ4n) is 4.74. The number of aliphatic hydroxyl groups is 1. The minimum atomic E-state index is -0.446. The Hall–Kier alpha value is -1.84. The number of fused-ring (bicyclic) bond motifs is 1. The Balaban J connectivity index is 1.34. The van der Waals surface area contributed by atoms with Crippen molar-refractivity contribution in [1.82, 2.24) is 4.90 Å². The number of β-amino-alcohol motifs (C(OH)–C–C–N with tert-alkyl or cyclic N) is 1. The van der Waals surface area contributed by atoms with Crippen molar-refractivity contribution in [2.45, 2.75) is 24.9 Å². The van der Waals surface area contributed by atoms with Crippen molar-refractivity contribution in [1.29, 1.82) is 0 Å². The molecule has 2 aromatic carbocycles. The summed E-state index contributed by atoms with van der Waals surface area (Å²) in [7, 11) is 1.66. The summed E-state index contributed by atoms with van der Waals surface area (Å²) in [4.78, 5) is 2.45. The third-order valence-corrected chi connectivity index (χ3v) is 6.01. The van der Waals surface area contributed by atoms with Crippen molar-refractivity contribution >= 4 is 0 Å². The third-order valence-electron chi connectivity index (χ3n) is 6.01. The molecule has 1 saturated heterocycles. The van der Waals surface area contributed by atoms with Gasteiger partial charge in [-0.05, 0) is 53.9 Å². The van der Waals surface area contributed by atoms with Gasteiger partial charge in [-0.15, -0.1) is 0 Å². The first-order chi connectivity index (χ1) is 12.2. The fraction of sp³-hybridized carbons (Fsp3) is 0.455. The van der Waals surface area contributed by atoms with E-state index in [1.807, 2.05) is 24.3 Å². The predicted octanol–water partition coefficient (Wildman–Crippen LogP) is 3.85. The molecule has 4 rings (SSSR count). The molecule has 0 spiro atoms. The molecule has 2 aromatic rings. The Bertz CT molecular complexity index is 688. The van der Waals surface area contributed by atoms with Crippen LogP contribution in [0.25, 0.3) is 0 Å². The molecule has 0 radical (unpaired) electrons. The molecule has 1 saturated carbocycles. The topological polar surface area (TPSA) is 32.7 Å². The van der Waals surface area contributed by atoms with E-state index in [2.05, 4.69) is 35.2 Å². The Morgan fingerprint density at radius 1 is 1.04 bits per heavy atom. The number of nitrogens with zero attached hydrogens (tertiary/aromatic N) is 1. The molecule has 1 aliphatic carbocycles. The van der Waals surface area contributed by atoms with Crippen LogP contribution in [0.2, 0.25) is 0 Å². The zero-order chi connectivity index (χ0) is 17.2. The van der Waals surface area contributed by atoms with Crippen molar-refractivity contribution in [3.8, 4) is 5.75 Å². The largest absolute Gasteiger partial charge is 0.497 e. The Morgan fingerprint density at radius 2 is 1.76 bits per heavy atom. The average Bonchev–Trinajstić information content (AvgIpc) is 3.21. The summed E-state index contributed by atoms with van der Waals surface area (Å²) in [6.07, 6.45) is 2.14. The third kappa shape index (κ3) is 3.58. The van der Waals surface area contributed by atoms with E-state index >= 15 is 0 Å². The zero-order valence-electron chi connectivity index (χ0n) is 14.8. The van der Waals surface area contributed by atoms with Crippen LogP contribution < -0.4 is 4.74 Å². The van der Waals surface area contributed by atoms with Crippen molar-refractivity contribution in [3.63, 3.8) is 0 Å². The van der Waals surface area contributed by atoms with E-state index in [0.717, 1.165) is 48.7 Å². The summed E-state index contributed by atoms with van der Waals surface area (Å²) in [5.41, 5.74) is 2.44. The number of likely N-dealkylation sites (tertiary alicyclic amines) is 1. The Morgan fingerprint density at radius 3 is 2.44 bits per heavy atom. The van der Waals surface area contributed by atoms with E-state index in [1.165, 1.54) is 18.4 Å². The molecule has 0 amide bonds. The lowest BCUT2D eigenvalue weighted by atomic mass is 9.96. The van der Waals surface area contributed by atoms with Gasteiger partial charge < -0.3 is 9.84 Å². The summed E-state index contributed by atoms with van der Waals surface area (Å²) >= 11 is 0. The van der Waals surface area contributed by atoms with Gasteiger partial charge in [-0.1, -0.05) is 42.5 Å². The van der Waals surface area contributed by atoms with Crippen molar-refractivity contribution in [2.75, 3.05) is 26.7 Å². The maximum Gasteiger partial charge on any atom is 0.119 e. The first-order valence-corrected chi connectivity index (χ1v) is 9.32. The van der Waals surface area contributed by atoms with E-state index in [0.29, 0.717) is 0 Å². The molecule has 3 heteroatoms. The lowest BCUT2D eigenvalue weighted by molar-refractivity contribution is 0.121. The van der Waals surface area contributed by atoms with Gasteiger partial charge in [0.05, 0.1) is 13.2 Å². The van der Waals surface area contributed by atoms with Gasteiger partial charge in [0.25, 0.3) is 0 Å². The van der Waals surface area contributed by atoms with Gasteiger partial charge in [0.15, 0.2) is 0 Å². The highest BCUT2D eigenvalue weighted by molar-refractivity contribution is 5.30. The van der Waals surface area contributed by atoms with E-state index in [-0.39, 0.29) is 0 Å². The van der Waals surface area contributed by atoms with Crippen LogP contribution in [-0.2, 0) is 0 Å². The van der Waals surface area contributed by atoms with Crippen LogP contribution in [0.15, 0.2) is 54.6 Å². The van der Waals surface area contributed by atoms with E-state index in [4.69, 9.17) is 4.74 Å². The summed E-state index contributed by atoms with van der Waals surface area (Å²) in [6, 6.07) is 18.7. The van der Waals surface area contributed by atoms with E-state index < -0.39 is 6.10 Å². The molecular weight excluding hydrogens is 310 g/mol. The SMILES string of the molecule is COc1cccc(C(O)CN2C[C@H]3CC(c4ccccc4)C[C@H]3C2)c1. The van der Waals surface area contributed by atoms with Gasteiger partial charge in [-0.25, -0.2) is 0 Å². The average molecular weight is 337 g/mol. The van der Waals surface area contributed by atoms with Crippen LogP contribution in [0.4, 0.5) is 0 Å². The predicted molar refractivity (Wildman–Crippen MR) is 99.8 cm³/mol. The second-order valence-corrected chi connectivity index (χ2v) is 7.61. The number of hydrogen-bond donors (Lipinski definition) is 1. The highest BCUT2D eigenvalue weighted by atomic mass is 16.5. The summed E-state index contributed by atoms with van der Waals surface area (Å²) in [6.45, 7) is 2.96. The molecule has 2 unspecified atom stereocenters. The molecule has 25 heavy (non-hydrogen) atoms. The number of rotatable bonds is 5. The standard InChI is InChI=1S/C22H27NO2/c1-25-21-9-5-8-17(12-21)22(24)15-23-13-19-10-18(11-20(19)14-23)16-6-3-2-4-7-16/h2-9,12,18-20,22,24H,10-11,13-15H2,1H3/t18?,19-,20+,22?. The highest BCUT2D eigenvalue weighted by Crippen LogP contribution is 2.46. The lowest BCUT2D eigenvalue weighted by Gasteiger charge is -2.22. The first kappa shape index (κ1) is 16.6. The molecule has 1 heterocycles. The quantitative estimate of drug-likeness (QED) is 0.899. The van der Waals surface area contributed by atoms with Gasteiger partial charge in [-0.2, -0.15) is 0 Å². The highest BCUT2D eigenvalue weighted by Gasteiger charge is 2.41. The number of aliphatic hydroxyl groups excluding tert-OH is 1. The molecule has 0 bridgehead atoms. The molecule has 132 valence electrons. The van der Waals surface area contributed by atoms with Crippen LogP contribution >= 0.6 is 0 Å². The van der Waals surface area contributed by atoms with Crippen LogP contribution in [-0.4, -0.2) is 36.8 Å². The molecule has 0 aromatic heterocycles. The minimum absolute atomic E-state index is 0.446. The minimum Gasteiger partial charge on any atom is -0.497 e. The fourth-order valence-corrected chi connectivity index (χ4v) is 4.74. The Labute approximate surface area is 150 Å². The summed E-state index contributed by atoms with van der Waals surface area (Å²) in [5.74, 6) is 3.09. The lowest BCUT2D eigenvalue weighted by Crippen LogP contribution is -2.27. The number of methoxy groups -OCH3 is 1. The monoisotopic (exact) mass is 337 g/mol. The second-order valence-electron chi connectivity index (χ2n) is 7.61. The van der Waals surface area contributed by atoms with Crippen LogP contribution in [0.5, 0.6) is 5.75 Å². The molecule has 3 nitrogen and oxygen atoms in total. The van der Waals surface area contributed by atoms with Crippen molar-refractivity contribution in [3.05, 3.63) is 65.7 Å². The van der Waals surface area contributed by atoms with Gasteiger partial charge in [0.1, 0.15) is 5.75 Å². The number of benzene rings is 2. The van der Waals surface area contributed by atoms with Gasteiger partial charge >= 0.3 is 0 Å². The van der Waals surface area contributed by atoms with Crippen molar-refractivity contribution in [2.24, 2.45) is 11.8 Å². The molecule has 1 N–H and O–H groups in total. The molecule has 2 fully saturated rings.